The van der Waals surface area contributed by atoms with Gasteiger partial charge >= 0.3 is 0 Å². The first kappa shape index (κ1) is 9.81. The molecule has 0 aromatic heterocycles. The quantitative estimate of drug-likeness (QED) is 0.742. The summed E-state index contributed by atoms with van der Waals surface area (Å²) in [5.74, 6) is 0.290. The molecular formula is C11H15NO. The second-order valence-corrected chi connectivity index (χ2v) is 3.16. The van der Waals surface area contributed by atoms with E-state index >= 15 is 0 Å². The van der Waals surface area contributed by atoms with Gasteiger partial charge < -0.3 is 10.8 Å². The van der Waals surface area contributed by atoms with Gasteiger partial charge in [-0.1, -0.05) is 18.7 Å². The lowest BCUT2D eigenvalue weighted by Gasteiger charge is -2.07. The standard InChI is InChI=1S/C11H15NO/c1-8-3-4-10(11(13)7-8)9(2)5-6-12/h3-4,7,13H,2,5-6,12H2,1H3. The molecule has 0 saturated carbocycles. The van der Waals surface area contributed by atoms with Gasteiger partial charge in [-0.25, -0.2) is 0 Å². The fourth-order valence-electron chi connectivity index (χ4n) is 1.25. The van der Waals surface area contributed by atoms with Gasteiger partial charge in [0, 0.05) is 5.56 Å². The zero-order valence-electron chi connectivity index (χ0n) is 7.88. The predicted molar refractivity (Wildman–Crippen MR) is 55.5 cm³/mol. The van der Waals surface area contributed by atoms with Crippen molar-refractivity contribution in [2.24, 2.45) is 5.73 Å². The van der Waals surface area contributed by atoms with Gasteiger partial charge in [0.25, 0.3) is 0 Å². The Morgan fingerprint density at radius 3 is 2.77 bits per heavy atom. The van der Waals surface area contributed by atoms with Crippen LogP contribution >= 0.6 is 0 Å². The molecule has 13 heavy (non-hydrogen) atoms. The van der Waals surface area contributed by atoms with Gasteiger partial charge in [-0.15, -0.1) is 0 Å². The van der Waals surface area contributed by atoms with Gasteiger partial charge in [-0.2, -0.15) is 0 Å². The lowest BCUT2D eigenvalue weighted by molar-refractivity contribution is 0.473. The number of rotatable bonds is 3. The average Bonchev–Trinajstić information content (AvgIpc) is 2.04. The van der Waals surface area contributed by atoms with Crippen LogP contribution in [0.5, 0.6) is 5.75 Å². The molecule has 2 heteroatoms. The monoisotopic (exact) mass is 177 g/mol. The number of phenolic OH excluding ortho intramolecular Hbond substituents is 1. The third-order valence-corrected chi connectivity index (χ3v) is 1.98. The Balaban J connectivity index is 2.95. The van der Waals surface area contributed by atoms with Crippen molar-refractivity contribution in [3.8, 4) is 5.75 Å². The largest absolute Gasteiger partial charge is 0.507 e. The Bertz CT molecular complexity index is 318. The first-order valence-corrected chi connectivity index (χ1v) is 4.33. The van der Waals surface area contributed by atoms with Crippen LogP contribution in [-0.4, -0.2) is 11.7 Å². The third kappa shape index (κ3) is 2.33. The molecule has 0 saturated heterocycles. The minimum absolute atomic E-state index is 0.290. The number of hydrogen-bond donors (Lipinski definition) is 2. The predicted octanol–water partition coefficient (Wildman–Crippen LogP) is 2.06. The minimum atomic E-state index is 0.290. The zero-order chi connectivity index (χ0) is 9.84. The molecule has 0 amide bonds. The molecule has 0 aliphatic rings. The number of benzene rings is 1. The van der Waals surface area contributed by atoms with Crippen LogP contribution in [0.25, 0.3) is 5.57 Å². The number of aryl methyl sites for hydroxylation is 1. The molecule has 70 valence electrons. The zero-order valence-corrected chi connectivity index (χ0v) is 7.88. The summed E-state index contributed by atoms with van der Waals surface area (Å²) < 4.78 is 0. The molecule has 0 radical (unpaired) electrons. The molecular weight excluding hydrogens is 162 g/mol. The molecule has 0 aliphatic carbocycles. The molecule has 2 nitrogen and oxygen atoms in total. The maximum atomic E-state index is 9.59. The van der Waals surface area contributed by atoms with Crippen LogP contribution in [0.1, 0.15) is 17.5 Å². The second kappa shape index (κ2) is 4.10. The molecule has 1 aromatic rings. The van der Waals surface area contributed by atoms with Gasteiger partial charge in [-0.3, -0.25) is 0 Å². The summed E-state index contributed by atoms with van der Waals surface area (Å²) in [6, 6.07) is 5.57. The summed E-state index contributed by atoms with van der Waals surface area (Å²) in [6.45, 7) is 6.37. The molecule has 1 aromatic carbocycles. The van der Waals surface area contributed by atoms with Gasteiger partial charge in [-0.05, 0) is 37.1 Å². The molecule has 0 fully saturated rings. The fraction of sp³-hybridized carbons (Fsp3) is 0.273. The second-order valence-electron chi connectivity index (χ2n) is 3.16. The normalized spacial score (nSPS) is 10.0. The lowest BCUT2D eigenvalue weighted by atomic mass is 10.0. The van der Waals surface area contributed by atoms with Crippen LogP contribution in [0.4, 0.5) is 0 Å². The topological polar surface area (TPSA) is 46.2 Å². The fourth-order valence-corrected chi connectivity index (χ4v) is 1.25. The highest BCUT2D eigenvalue weighted by atomic mass is 16.3. The van der Waals surface area contributed by atoms with Crippen LogP contribution in [0, 0.1) is 6.92 Å². The van der Waals surface area contributed by atoms with Crippen LogP contribution < -0.4 is 5.73 Å². The molecule has 0 bridgehead atoms. The molecule has 0 atom stereocenters. The van der Waals surface area contributed by atoms with Crippen molar-refractivity contribution < 1.29 is 5.11 Å². The van der Waals surface area contributed by atoms with Gasteiger partial charge in [0.1, 0.15) is 5.75 Å². The van der Waals surface area contributed by atoms with Crippen LogP contribution in [0.2, 0.25) is 0 Å². The summed E-state index contributed by atoms with van der Waals surface area (Å²) in [5.41, 5.74) is 8.14. The van der Waals surface area contributed by atoms with Gasteiger partial charge in [0.05, 0.1) is 0 Å². The highest BCUT2D eigenvalue weighted by Crippen LogP contribution is 2.26. The van der Waals surface area contributed by atoms with E-state index < -0.39 is 0 Å². The van der Waals surface area contributed by atoms with Crippen LogP contribution in [-0.2, 0) is 0 Å². The number of aromatic hydroxyl groups is 1. The lowest BCUT2D eigenvalue weighted by Crippen LogP contribution is -1.99. The Kier molecular flexibility index (Phi) is 3.09. The van der Waals surface area contributed by atoms with Crippen molar-refractivity contribution in [2.45, 2.75) is 13.3 Å². The van der Waals surface area contributed by atoms with E-state index in [2.05, 4.69) is 6.58 Å². The Labute approximate surface area is 78.7 Å². The Hall–Kier alpha value is -1.28. The summed E-state index contributed by atoms with van der Waals surface area (Å²) in [7, 11) is 0. The van der Waals surface area contributed by atoms with Gasteiger partial charge in [0.15, 0.2) is 0 Å². The number of nitrogens with two attached hydrogens (primary N) is 1. The maximum absolute atomic E-state index is 9.59. The smallest absolute Gasteiger partial charge is 0.123 e. The molecule has 0 spiro atoms. The average molecular weight is 177 g/mol. The third-order valence-electron chi connectivity index (χ3n) is 1.98. The van der Waals surface area contributed by atoms with Crippen molar-refractivity contribution in [1.82, 2.24) is 0 Å². The van der Waals surface area contributed by atoms with E-state index in [1.165, 1.54) is 0 Å². The van der Waals surface area contributed by atoms with E-state index in [0.717, 1.165) is 23.1 Å². The van der Waals surface area contributed by atoms with Crippen molar-refractivity contribution in [3.63, 3.8) is 0 Å². The van der Waals surface area contributed by atoms with Crippen molar-refractivity contribution in [1.29, 1.82) is 0 Å². The van der Waals surface area contributed by atoms with Crippen molar-refractivity contribution in [2.75, 3.05) is 6.54 Å². The summed E-state index contributed by atoms with van der Waals surface area (Å²) in [4.78, 5) is 0. The van der Waals surface area contributed by atoms with E-state index in [0.29, 0.717) is 12.3 Å². The van der Waals surface area contributed by atoms with Gasteiger partial charge in [0.2, 0.25) is 0 Å². The van der Waals surface area contributed by atoms with E-state index in [-0.39, 0.29) is 0 Å². The summed E-state index contributed by atoms with van der Waals surface area (Å²) in [5, 5.41) is 9.59. The van der Waals surface area contributed by atoms with E-state index in [4.69, 9.17) is 5.73 Å². The first-order valence-electron chi connectivity index (χ1n) is 4.33. The van der Waals surface area contributed by atoms with Crippen molar-refractivity contribution >= 4 is 5.57 Å². The number of phenols is 1. The molecule has 1 rings (SSSR count). The van der Waals surface area contributed by atoms with E-state index in [1.807, 2.05) is 19.1 Å². The highest BCUT2D eigenvalue weighted by Gasteiger charge is 2.03. The maximum Gasteiger partial charge on any atom is 0.123 e. The molecule has 0 unspecified atom stereocenters. The van der Waals surface area contributed by atoms with E-state index in [9.17, 15) is 5.11 Å². The summed E-state index contributed by atoms with van der Waals surface area (Å²) >= 11 is 0. The minimum Gasteiger partial charge on any atom is -0.507 e. The van der Waals surface area contributed by atoms with Crippen molar-refractivity contribution in [3.05, 3.63) is 35.9 Å². The van der Waals surface area contributed by atoms with Crippen LogP contribution in [0.3, 0.4) is 0 Å². The first-order chi connectivity index (χ1) is 6.15. The van der Waals surface area contributed by atoms with Crippen LogP contribution in [0.15, 0.2) is 24.8 Å². The van der Waals surface area contributed by atoms with E-state index in [1.54, 1.807) is 6.07 Å². The molecule has 0 heterocycles. The Morgan fingerprint density at radius 2 is 2.23 bits per heavy atom. The molecule has 3 N–H and O–H groups in total. The number of hydrogen-bond acceptors (Lipinski definition) is 2. The molecule has 0 aliphatic heterocycles. The summed E-state index contributed by atoms with van der Waals surface area (Å²) in [6.07, 6.45) is 0.719. The highest BCUT2D eigenvalue weighted by molar-refractivity contribution is 5.68. The Morgan fingerprint density at radius 1 is 1.54 bits per heavy atom. The SMILES string of the molecule is C=C(CCN)c1ccc(C)cc1O.